The van der Waals surface area contributed by atoms with Crippen molar-refractivity contribution in [3.8, 4) is 17.2 Å². The molecule has 23 heavy (non-hydrogen) atoms. The average molecular weight is 311 g/mol. The molecule has 0 aliphatic carbocycles. The number of anilines is 1. The first kappa shape index (κ1) is 15.0. The lowest BCUT2D eigenvalue weighted by Gasteiger charge is -2.09. The van der Waals surface area contributed by atoms with Crippen LogP contribution in [0.1, 0.15) is 16.7 Å². The van der Waals surface area contributed by atoms with Crippen molar-refractivity contribution in [2.24, 2.45) is 0 Å². The SMILES string of the molecule is COc1cc2c(cc1OC)C(=Cc1cc(C)ccc1O)C(=O)N2. The Morgan fingerprint density at radius 3 is 2.48 bits per heavy atom. The molecule has 0 saturated heterocycles. The van der Waals surface area contributed by atoms with E-state index in [-0.39, 0.29) is 11.7 Å². The van der Waals surface area contributed by atoms with Crippen molar-refractivity contribution in [2.45, 2.75) is 6.92 Å². The van der Waals surface area contributed by atoms with Gasteiger partial charge in [0.15, 0.2) is 11.5 Å². The quantitative estimate of drug-likeness (QED) is 0.854. The highest BCUT2D eigenvalue weighted by Gasteiger charge is 2.26. The predicted molar refractivity (Wildman–Crippen MR) is 88.9 cm³/mol. The van der Waals surface area contributed by atoms with E-state index in [1.165, 1.54) is 0 Å². The van der Waals surface area contributed by atoms with Crippen LogP contribution >= 0.6 is 0 Å². The van der Waals surface area contributed by atoms with Gasteiger partial charge in [0.05, 0.1) is 19.9 Å². The number of carbonyl (C=O) groups excluding carboxylic acids is 1. The summed E-state index contributed by atoms with van der Waals surface area (Å²) >= 11 is 0. The summed E-state index contributed by atoms with van der Waals surface area (Å²) in [5, 5.41) is 12.8. The Morgan fingerprint density at radius 2 is 1.78 bits per heavy atom. The summed E-state index contributed by atoms with van der Waals surface area (Å²) in [6.07, 6.45) is 1.68. The molecule has 0 spiro atoms. The van der Waals surface area contributed by atoms with E-state index in [1.807, 2.05) is 19.1 Å². The van der Waals surface area contributed by atoms with Crippen molar-refractivity contribution in [1.29, 1.82) is 0 Å². The van der Waals surface area contributed by atoms with Gasteiger partial charge >= 0.3 is 0 Å². The number of rotatable bonds is 3. The molecule has 118 valence electrons. The molecule has 1 aliphatic rings. The number of ether oxygens (including phenoxy) is 2. The molecule has 5 nitrogen and oxygen atoms in total. The number of phenolic OH excluding ortho intramolecular Hbond substituents is 1. The van der Waals surface area contributed by atoms with E-state index < -0.39 is 0 Å². The summed E-state index contributed by atoms with van der Waals surface area (Å²) < 4.78 is 10.5. The summed E-state index contributed by atoms with van der Waals surface area (Å²) in [6.45, 7) is 1.93. The van der Waals surface area contributed by atoms with Gasteiger partial charge in [-0.1, -0.05) is 11.6 Å². The molecule has 1 heterocycles. The Bertz CT molecular complexity index is 824. The monoisotopic (exact) mass is 311 g/mol. The van der Waals surface area contributed by atoms with Crippen LogP contribution in [-0.2, 0) is 4.79 Å². The molecule has 0 bridgehead atoms. The van der Waals surface area contributed by atoms with Crippen molar-refractivity contribution in [3.05, 3.63) is 47.0 Å². The topological polar surface area (TPSA) is 67.8 Å². The number of methoxy groups -OCH3 is 2. The normalized spacial score (nSPS) is 14.6. The summed E-state index contributed by atoms with van der Waals surface area (Å²) in [7, 11) is 3.09. The summed E-state index contributed by atoms with van der Waals surface area (Å²) in [4.78, 5) is 12.3. The maximum atomic E-state index is 12.3. The van der Waals surface area contributed by atoms with Crippen LogP contribution in [0.3, 0.4) is 0 Å². The zero-order valence-corrected chi connectivity index (χ0v) is 13.1. The van der Waals surface area contributed by atoms with Crippen LogP contribution in [0.4, 0.5) is 5.69 Å². The second-order valence-corrected chi connectivity index (χ2v) is 5.33. The van der Waals surface area contributed by atoms with Gasteiger partial charge in [-0.25, -0.2) is 0 Å². The van der Waals surface area contributed by atoms with E-state index in [0.717, 1.165) is 5.56 Å². The fourth-order valence-corrected chi connectivity index (χ4v) is 2.61. The maximum absolute atomic E-state index is 12.3. The molecule has 0 atom stereocenters. The highest BCUT2D eigenvalue weighted by Crippen LogP contribution is 2.41. The summed E-state index contributed by atoms with van der Waals surface area (Å²) in [5.41, 5.74) is 3.44. The lowest BCUT2D eigenvalue weighted by molar-refractivity contribution is -0.110. The molecule has 0 aromatic heterocycles. The fraction of sp³-hybridized carbons (Fsp3) is 0.167. The van der Waals surface area contributed by atoms with Gasteiger partial charge in [-0.05, 0) is 31.2 Å². The first-order chi connectivity index (χ1) is 11.0. The second kappa shape index (κ2) is 5.68. The number of benzene rings is 2. The van der Waals surface area contributed by atoms with Crippen LogP contribution < -0.4 is 14.8 Å². The third-order valence-corrected chi connectivity index (χ3v) is 3.79. The van der Waals surface area contributed by atoms with Crippen LogP contribution in [0.25, 0.3) is 11.6 Å². The summed E-state index contributed by atoms with van der Waals surface area (Å²) in [6, 6.07) is 8.74. The molecule has 1 aliphatic heterocycles. The Kier molecular flexibility index (Phi) is 3.70. The van der Waals surface area contributed by atoms with Gasteiger partial charge in [0.1, 0.15) is 5.75 Å². The number of fused-ring (bicyclic) bond motifs is 1. The molecule has 5 heteroatoms. The molecular formula is C18H17NO4. The van der Waals surface area contributed by atoms with Crippen LogP contribution in [-0.4, -0.2) is 25.2 Å². The Hall–Kier alpha value is -2.95. The molecule has 2 N–H and O–H groups in total. The fourth-order valence-electron chi connectivity index (χ4n) is 2.61. The minimum Gasteiger partial charge on any atom is -0.507 e. The number of aromatic hydroxyl groups is 1. The largest absolute Gasteiger partial charge is 0.507 e. The standard InChI is InChI=1S/C18H17NO4/c1-10-4-5-15(20)11(6-10)7-13-12-8-16(22-2)17(23-3)9-14(12)19-18(13)21/h4-9,20H,1-3H3,(H,19,21). The lowest BCUT2D eigenvalue weighted by atomic mass is 10.0. The average Bonchev–Trinajstić information content (AvgIpc) is 2.84. The molecule has 0 radical (unpaired) electrons. The molecule has 2 aromatic carbocycles. The first-order valence-corrected chi connectivity index (χ1v) is 7.12. The number of hydrogen-bond donors (Lipinski definition) is 2. The van der Waals surface area contributed by atoms with Gasteiger partial charge in [0.2, 0.25) is 0 Å². The minimum absolute atomic E-state index is 0.129. The molecule has 0 unspecified atom stereocenters. The Balaban J connectivity index is 2.15. The van der Waals surface area contributed by atoms with E-state index in [2.05, 4.69) is 5.32 Å². The highest BCUT2D eigenvalue weighted by molar-refractivity contribution is 6.35. The Labute approximate surface area is 134 Å². The molecular weight excluding hydrogens is 294 g/mol. The van der Waals surface area contributed by atoms with Gasteiger partial charge < -0.3 is 19.9 Å². The van der Waals surface area contributed by atoms with E-state index in [9.17, 15) is 9.90 Å². The van der Waals surface area contributed by atoms with E-state index >= 15 is 0 Å². The van der Waals surface area contributed by atoms with Crippen LogP contribution in [0.15, 0.2) is 30.3 Å². The highest BCUT2D eigenvalue weighted by atomic mass is 16.5. The maximum Gasteiger partial charge on any atom is 0.256 e. The minimum atomic E-state index is -0.226. The van der Waals surface area contributed by atoms with Crippen molar-refractivity contribution >= 4 is 23.2 Å². The van der Waals surface area contributed by atoms with Crippen LogP contribution in [0.5, 0.6) is 17.2 Å². The number of aryl methyl sites for hydroxylation is 1. The Morgan fingerprint density at radius 1 is 1.09 bits per heavy atom. The van der Waals surface area contributed by atoms with Gasteiger partial charge in [0, 0.05) is 22.8 Å². The van der Waals surface area contributed by atoms with Crippen molar-refractivity contribution in [1.82, 2.24) is 0 Å². The number of hydrogen-bond acceptors (Lipinski definition) is 4. The van der Waals surface area contributed by atoms with Crippen LogP contribution in [0, 0.1) is 6.92 Å². The molecule has 2 aromatic rings. The molecule has 0 fully saturated rings. The van der Waals surface area contributed by atoms with Gasteiger partial charge in [-0.15, -0.1) is 0 Å². The predicted octanol–water partition coefficient (Wildman–Crippen LogP) is 3.21. The van der Waals surface area contributed by atoms with E-state index in [0.29, 0.717) is 33.9 Å². The van der Waals surface area contributed by atoms with E-state index in [4.69, 9.17) is 9.47 Å². The number of nitrogens with one attached hydrogen (secondary N) is 1. The lowest BCUT2D eigenvalue weighted by Crippen LogP contribution is -2.03. The summed E-state index contributed by atoms with van der Waals surface area (Å²) in [5.74, 6) is 0.995. The molecule has 1 amide bonds. The number of phenols is 1. The molecule has 0 saturated carbocycles. The zero-order chi connectivity index (χ0) is 16.6. The molecule has 3 rings (SSSR count). The van der Waals surface area contributed by atoms with Crippen LogP contribution in [0.2, 0.25) is 0 Å². The van der Waals surface area contributed by atoms with Crippen molar-refractivity contribution in [2.75, 3.05) is 19.5 Å². The third-order valence-electron chi connectivity index (χ3n) is 3.79. The smallest absolute Gasteiger partial charge is 0.256 e. The van der Waals surface area contributed by atoms with Gasteiger partial charge in [-0.3, -0.25) is 4.79 Å². The van der Waals surface area contributed by atoms with E-state index in [1.54, 1.807) is 38.5 Å². The number of carbonyl (C=O) groups is 1. The van der Waals surface area contributed by atoms with Gasteiger partial charge in [0.25, 0.3) is 5.91 Å². The van der Waals surface area contributed by atoms with Crippen molar-refractivity contribution in [3.63, 3.8) is 0 Å². The van der Waals surface area contributed by atoms with Gasteiger partial charge in [-0.2, -0.15) is 0 Å². The number of amides is 1. The third kappa shape index (κ3) is 2.61. The van der Waals surface area contributed by atoms with Crippen molar-refractivity contribution < 1.29 is 19.4 Å². The second-order valence-electron chi connectivity index (χ2n) is 5.33. The first-order valence-electron chi connectivity index (χ1n) is 7.12. The zero-order valence-electron chi connectivity index (χ0n) is 13.1.